The zero-order valence-electron chi connectivity index (χ0n) is 19.8. The first kappa shape index (κ1) is 23.3. The molecule has 2 aromatic heterocycles. The first-order valence-corrected chi connectivity index (χ1v) is 13.3. The summed E-state index contributed by atoms with van der Waals surface area (Å²) in [6, 6.07) is 9.54. The van der Waals surface area contributed by atoms with Crippen molar-refractivity contribution in [3.63, 3.8) is 0 Å². The second kappa shape index (κ2) is 10.1. The van der Waals surface area contributed by atoms with Crippen molar-refractivity contribution < 1.29 is 19.1 Å². The van der Waals surface area contributed by atoms with E-state index < -0.39 is 0 Å². The highest BCUT2D eigenvalue weighted by molar-refractivity contribution is 8.00. The fourth-order valence-electron chi connectivity index (χ4n) is 4.83. The van der Waals surface area contributed by atoms with Crippen LogP contribution >= 0.6 is 11.9 Å². The maximum atomic E-state index is 12.9. The number of fused-ring (bicyclic) bond motifs is 1. The lowest BCUT2D eigenvalue weighted by Crippen LogP contribution is -2.55. The maximum absolute atomic E-state index is 12.9. The molecule has 36 heavy (non-hydrogen) atoms. The van der Waals surface area contributed by atoms with Gasteiger partial charge in [0.2, 0.25) is 11.8 Å². The van der Waals surface area contributed by atoms with Crippen LogP contribution in [-0.4, -0.2) is 82.3 Å². The van der Waals surface area contributed by atoms with Crippen LogP contribution < -0.4 is 9.62 Å². The summed E-state index contributed by atoms with van der Waals surface area (Å²) in [5.74, 6) is 1.75. The van der Waals surface area contributed by atoms with Crippen LogP contribution in [0.25, 0.3) is 22.9 Å². The fraction of sp³-hybridized carbons (Fsp3) is 0.440. The van der Waals surface area contributed by atoms with E-state index >= 15 is 0 Å². The number of benzene rings is 1. The molecule has 5 aliphatic rings. The highest BCUT2D eigenvalue weighted by Crippen LogP contribution is 2.37. The molecule has 0 radical (unpaired) electrons. The number of rotatable bonds is 4. The lowest BCUT2D eigenvalue weighted by Gasteiger charge is -2.40. The Balaban J connectivity index is 1.37. The first-order valence-electron chi connectivity index (χ1n) is 12.3. The Morgan fingerprint density at radius 2 is 1.92 bits per heavy atom. The number of anilines is 2. The number of hydrogen-bond acceptors (Lipinski definition) is 10. The molecule has 0 saturated carbocycles. The number of nitrogens with one attached hydrogen (secondary N) is 1. The van der Waals surface area contributed by atoms with Gasteiger partial charge in [0.25, 0.3) is 5.91 Å². The molecule has 1 aromatic carbocycles. The Morgan fingerprint density at radius 3 is 2.75 bits per heavy atom. The van der Waals surface area contributed by atoms with E-state index in [2.05, 4.69) is 30.9 Å². The van der Waals surface area contributed by atoms with Crippen molar-refractivity contribution >= 4 is 29.2 Å². The molecule has 0 unspecified atom stereocenters. The van der Waals surface area contributed by atoms with Crippen LogP contribution in [0, 0.1) is 5.92 Å². The van der Waals surface area contributed by atoms with E-state index in [-0.39, 0.29) is 18.6 Å². The number of ether oxygens (including phenoxy) is 1. The predicted molar refractivity (Wildman–Crippen MR) is 137 cm³/mol. The summed E-state index contributed by atoms with van der Waals surface area (Å²) in [4.78, 5) is 21.3. The molecule has 1 amide bonds. The van der Waals surface area contributed by atoms with Crippen molar-refractivity contribution in [2.45, 2.75) is 18.9 Å². The van der Waals surface area contributed by atoms with Crippen molar-refractivity contribution in [3.8, 4) is 22.9 Å². The van der Waals surface area contributed by atoms with E-state index in [1.54, 1.807) is 23.2 Å². The highest BCUT2D eigenvalue weighted by atomic mass is 32.2. The van der Waals surface area contributed by atoms with Gasteiger partial charge in [-0.1, -0.05) is 11.9 Å². The summed E-state index contributed by atoms with van der Waals surface area (Å²) in [5.41, 5.74) is 3.85. The monoisotopic (exact) mass is 508 g/mol. The van der Waals surface area contributed by atoms with Crippen molar-refractivity contribution in [2.75, 3.05) is 54.8 Å². The molecule has 8 bridgehead atoms. The van der Waals surface area contributed by atoms with Gasteiger partial charge < -0.3 is 28.8 Å². The summed E-state index contributed by atoms with van der Waals surface area (Å²) in [6.45, 7) is 3.81. The third kappa shape index (κ3) is 4.65. The standard InChI is InChI=1S/C25H28N6O4S/c32-9-10-36-29-18-1-2-20-22(12-18)30-7-4-16(5-8-30)15-34-19-13-31(14-19)25(33)21-11-17(3-6-26-21)23-27-28-24(20)35-23/h1-3,6,11-12,16,19,29,32H,4-5,7-10,13-15H2. The third-order valence-electron chi connectivity index (χ3n) is 6.92. The molecule has 2 fully saturated rings. The van der Waals surface area contributed by atoms with E-state index in [1.807, 2.05) is 12.1 Å². The molecule has 11 heteroatoms. The van der Waals surface area contributed by atoms with Gasteiger partial charge in [-0.15, -0.1) is 10.2 Å². The van der Waals surface area contributed by atoms with E-state index in [0.717, 1.165) is 42.9 Å². The zero-order valence-corrected chi connectivity index (χ0v) is 20.6. The maximum Gasteiger partial charge on any atom is 0.272 e. The van der Waals surface area contributed by atoms with Gasteiger partial charge in [0.05, 0.1) is 30.6 Å². The Morgan fingerprint density at radius 1 is 1.08 bits per heavy atom. The fourth-order valence-corrected chi connectivity index (χ4v) is 5.32. The number of piperidine rings is 1. The summed E-state index contributed by atoms with van der Waals surface area (Å²) in [5, 5.41) is 17.8. The summed E-state index contributed by atoms with van der Waals surface area (Å²) < 4.78 is 15.6. The number of hydrogen-bond donors (Lipinski definition) is 2. The molecule has 0 atom stereocenters. The largest absolute Gasteiger partial charge is 0.416 e. The molecule has 0 aliphatic carbocycles. The molecule has 0 spiro atoms. The van der Waals surface area contributed by atoms with Gasteiger partial charge in [0, 0.05) is 49.4 Å². The molecular weight excluding hydrogens is 480 g/mol. The van der Waals surface area contributed by atoms with Crippen LogP contribution in [0.3, 0.4) is 0 Å². The molecule has 5 aliphatic heterocycles. The Bertz CT molecular complexity index is 1240. The Labute approximate surface area is 213 Å². The number of aromatic nitrogens is 3. The number of carbonyl (C=O) groups excluding carboxylic acids is 1. The summed E-state index contributed by atoms with van der Waals surface area (Å²) >= 11 is 1.46. The van der Waals surface area contributed by atoms with Gasteiger partial charge in [-0.3, -0.25) is 9.78 Å². The minimum atomic E-state index is -0.115. The quantitative estimate of drug-likeness (QED) is 0.402. The van der Waals surface area contributed by atoms with Crippen LogP contribution in [0.5, 0.6) is 0 Å². The lowest BCUT2D eigenvalue weighted by atomic mass is 9.96. The average Bonchev–Trinajstić information content (AvgIpc) is 3.38. The number of aliphatic hydroxyl groups is 1. The van der Waals surface area contributed by atoms with Crippen molar-refractivity contribution in [1.82, 2.24) is 20.1 Å². The van der Waals surface area contributed by atoms with Gasteiger partial charge >= 0.3 is 0 Å². The van der Waals surface area contributed by atoms with Gasteiger partial charge in [-0.25, -0.2) is 0 Å². The van der Waals surface area contributed by atoms with Crippen LogP contribution in [0.1, 0.15) is 23.3 Å². The second-order valence-electron chi connectivity index (χ2n) is 9.34. The van der Waals surface area contributed by atoms with Crippen LogP contribution in [-0.2, 0) is 4.74 Å². The van der Waals surface area contributed by atoms with Crippen LogP contribution in [0.15, 0.2) is 40.9 Å². The smallest absolute Gasteiger partial charge is 0.272 e. The molecule has 188 valence electrons. The topological polar surface area (TPSA) is 117 Å². The second-order valence-corrected chi connectivity index (χ2v) is 10.2. The Kier molecular flexibility index (Phi) is 6.51. The van der Waals surface area contributed by atoms with Gasteiger partial charge in [0.15, 0.2) is 0 Å². The highest BCUT2D eigenvalue weighted by Gasteiger charge is 2.34. The van der Waals surface area contributed by atoms with Gasteiger partial charge in [0.1, 0.15) is 5.69 Å². The number of nitrogens with zero attached hydrogens (tertiary/aromatic N) is 5. The number of amides is 1. The van der Waals surface area contributed by atoms with Crippen molar-refractivity contribution in [3.05, 3.63) is 42.2 Å². The molecular formula is C25H28N6O4S. The molecule has 2 saturated heterocycles. The van der Waals surface area contributed by atoms with E-state index in [9.17, 15) is 4.79 Å². The normalized spacial score (nSPS) is 21.4. The van der Waals surface area contributed by atoms with Crippen molar-refractivity contribution in [1.29, 1.82) is 0 Å². The Hall–Kier alpha value is -3.15. The molecule has 7 heterocycles. The molecule has 10 nitrogen and oxygen atoms in total. The summed E-state index contributed by atoms with van der Waals surface area (Å²) in [7, 11) is 0. The zero-order chi connectivity index (χ0) is 24.5. The number of aliphatic hydroxyl groups excluding tert-OH is 1. The minimum Gasteiger partial charge on any atom is -0.416 e. The third-order valence-corrected chi connectivity index (χ3v) is 7.69. The number of carbonyl (C=O) groups is 1. The van der Waals surface area contributed by atoms with E-state index in [1.165, 1.54) is 11.9 Å². The van der Waals surface area contributed by atoms with Gasteiger partial charge in [-0.05, 0) is 49.1 Å². The molecule has 8 rings (SSSR count). The first-order chi connectivity index (χ1) is 17.7. The van der Waals surface area contributed by atoms with Crippen molar-refractivity contribution in [2.24, 2.45) is 5.92 Å². The molecule has 3 aromatic rings. The number of pyridine rings is 1. The SMILES string of the molecule is O=C1c2cc(ccn2)-c2nnc(o2)-c2ccc(NSCCO)cc2N2CCC(CC2)COC2CN1C2. The molecule has 2 N–H and O–H groups in total. The van der Waals surface area contributed by atoms with Crippen LogP contribution in [0.2, 0.25) is 0 Å². The van der Waals surface area contributed by atoms with Gasteiger partial charge in [-0.2, -0.15) is 0 Å². The minimum absolute atomic E-state index is 0.0818. The lowest BCUT2D eigenvalue weighted by molar-refractivity contribution is -0.0560. The van der Waals surface area contributed by atoms with E-state index in [0.29, 0.717) is 54.4 Å². The summed E-state index contributed by atoms with van der Waals surface area (Å²) in [6.07, 6.45) is 3.72. The van der Waals surface area contributed by atoms with Crippen LogP contribution in [0.4, 0.5) is 11.4 Å². The predicted octanol–water partition coefficient (Wildman–Crippen LogP) is 2.92. The average molecular weight is 509 g/mol. The van der Waals surface area contributed by atoms with E-state index in [4.69, 9.17) is 14.3 Å².